The molecule has 1 heterocycles. The summed E-state index contributed by atoms with van der Waals surface area (Å²) < 4.78 is 0.937. The minimum absolute atomic E-state index is 0.0708. The van der Waals surface area contributed by atoms with Crippen LogP contribution in [0.15, 0.2) is 48.5 Å². The second-order valence-electron chi connectivity index (χ2n) is 5.53. The maximum absolute atomic E-state index is 12.4. The van der Waals surface area contributed by atoms with Crippen molar-refractivity contribution in [2.75, 3.05) is 0 Å². The molecule has 0 amide bonds. The van der Waals surface area contributed by atoms with E-state index in [2.05, 4.69) is 11.1 Å². The molecule has 0 bridgehead atoms. The van der Waals surface area contributed by atoms with Crippen molar-refractivity contribution in [2.45, 2.75) is 25.2 Å². The van der Waals surface area contributed by atoms with Gasteiger partial charge in [-0.25, -0.2) is 4.98 Å². The third-order valence-electron chi connectivity index (χ3n) is 3.80. The number of rotatable bonds is 6. The SMILES string of the molecule is N#CC(C(=O)CCCc1ccccc1)c1nc2cc(Cl)ccc2s1. The highest BCUT2D eigenvalue weighted by molar-refractivity contribution is 7.18. The second kappa shape index (κ2) is 7.57. The summed E-state index contributed by atoms with van der Waals surface area (Å²) in [6.45, 7) is 0. The van der Waals surface area contributed by atoms with Crippen LogP contribution in [-0.4, -0.2) is 10.8 Å². The van der Waals surface area contributed by atoms with E-state index in [0.717, 1.165) is 23.1 Å². The summed E-state index contributed by atoms with van der Waals surface area (Å²) in [5, 5.41) is 10.6. The normalized spacial score (nSPS) is 12.0. The fraction of sp³-hybridized carbons (Fsp3) is 0.211. The molecule has 1 aromatic heterocycles. The van der Waals surface area contributed by atoms with E-state index in [9.17, 15) is 10.1 Å². The molecule has 0 fully saturated rings. The van der Waals surface area contributed by atoms with Crippen LogP contribution < -0.4 is 0 Å². The fourth-order valence-electron chi connectivity index (χ4n) is 2.56. The Labute approximate surface area is 149 Å². The summed E-state index contributed by atoms with van der Waals surface area (Å²) in [7, 11) is 0. The molecular formula is C19H15ClN2OS. The van der Waals surface area contributed by atoms with Gasteiger partial charge in [0, 0.05) is 11.4 Å². The molecule has 3 rings (SSSR count). The minimum Gasteiger partial charge on any atom is -0.298 e. The maximum atomic E-state index is 12.4. The molecule has 1 atom stereocenters. The van der Waals surface area contributed by atoms with Gasteiger partial charge in [0.25, 0.3) is 0 Å². The van der Waals surface area contributed by atoms with Gasteiger partial charge >= 0.3 is 0 Å². The Bertz CT molecular complexity index is 899. The summed E-state index contributed by atoms with van der Waals surface area (Å²) >= 11 is 7.35. The lowest BCUT2D eigenvalue weighted by Gasteiger charge is -2.05. The Morgan fingerprint density at radius 1 is 1.25 bits per heavy atom. The van der Waals surface area contributed by atoms with Crippen molar-refractivity contribution in [1.82, 2.24) is 4.98 Å². The standard InChI is InChI=1S/C19H15ClN2OS/c20-14-9-10-18-16(11-14)22-19(24-18)15(12-21)17(23)8-4-7-13-5-2-1-3-6-13/h1-3,5-6,9-11,15H,4,7-8H2. The topological polar surface area (TPSA) is 53.8 Å². The highest BCUT2D eigenvalue weighted by Crippen LogP contribution is 2.30. The van der Waals surface area contributed by atoms with E-state index in [4.69, 9.17) is 11.6 Å². The molecule has 0 saturated heterocycles. The number of benzene rings is 2. The molecule has 3 aromatic rings. The number of nitriles is 1. The van der Waals surface area contributed by atoms with Crippen LogP contribution in [0.5, 0.6) is 0 Å². The number of hydrogen-bond acceptors (Lipinski definition) is 4. The number of Topliss-reactive ketones (excluding diaryl/α,β-unsaturated/α-hetero) is 1. The van der Waals surface area contributed by atoms with Crippen molar-refractivity contribution in [3.8, 4) is 6.07 Å². The van der Waals surface area contributed by atoms with Crippen LogP contribution in [-0.2, 0) is 11.2 Å². The van der Waals surface area contributed by atoms with Gasteiger partial charge in [-0.05, 0) is 36.6 Å². The molecule has 24 heavy (non-hydrogen) atoms. The molecule has 120 valence electrons. The number of aromatic nitrogens is 1. The lowest BCUT2D eigenvalue weighted by atomic mass is 9.99. The molecule has 3 nitrogen and oxygen atoms in total. The predicted molar refractivity (Wildman–Crippen MR) is 97.4 cm³/mol. The fourth-order valence-corrected chi connectivity index (χ4v) is 3.75. The first kappa shape index (κ1) is 16.6. The van der Waals surface area contributed by atoms with Crippen LogP contribution in [0.1, 0.15) is 29.3 Å². The van der Waals surface area contributed by atoms with Crippen LogP contribution in [0.25, 0.3) is 10.2 Å². The van der Waals surface area contributed by atoms with Gasteiger partial charge in [0.15, 0.2) is 11.7 Å². The Hall–Kier alpha value is -2.22. The van der Waals surface area contributed by atoms with E-state index >= 15 is 0 Å². The predicted octanol–water partition coefficient (Wildman–Crippen LogP) is 5.15. The van der Waals surface area contributed by atoms with Gasteiger partial charge in [-0.2, -0.15) is 5.26 Å². The van der Waals surface area contributed by atoms with Crippen molar-refractivity contribution in [1.29, 1.82) is 5.26 Å². The number of carbonyl (C=O) groups is 1. The van der Waals surface area contributed by atoms with E-state index in [0.29, 0.717) is 16.5 Å². The lowest BCUT2D eigenvalue weighted by Crippen LogP contribution is -2.10. The Morgan fingerprint density at radius 3 is 2.79 bits per heavy atom. The molecule has 0 N–H and O–H groups in total. The molecule has 0 saturated carbocycles. The van der Waals surface area contributed by atoms with Crippen LogP contribution in [0, 0.1) is 11.3 Å². The zero-order valence-electron chi connectivity index (χ0n) is 12.9. The number of hydrogen-bond donors (Lipinski definition) is 0. The number of fused-ring (bicyclic) bond motifs is 1. The molecular weight excluding hydrogens is 340 g/mol. The zero-order valence-corrected chi connectivity index (χ0v) is 14.5. The van der Waals surface area contributed by atoms with Crippen molar-refractivity contribution < 1.29 is 4.79 Å². The van der Waals surface area contributed by atoms with Crippen LogP contribution in [0.3, 0.4) is 0 Å². The monoisotopic (exact) mass is 354 g/mol. The molecule has 0 radical (unpaired) electrons. The quantitative estimate of drug-likeness (QED) is 0.615. The third kappa shape index (κ3) is 3.81. The van der Waals surface area contributed by atoms with E-state index < -0.39 is 5.92 Å². The molecule has 0 aliphatic carbocycles. The van der Waals surface area contributed by atoms with Crippen molar-refractivity contribution in [3.63, 3.8) is 0 Å². The van der Waals surface area contributed by atoms with Crippen molar-refractivity contribution in [3.05, 3.63) is 64.1 Å². The van der Waals surface area contributed by atoms with Crippen molar-refractivity contribution >= 4 is 38.9 Å². The average Bonchev–Trinajstić information content (AvgIpc) is 2.99. The summed E-state index contributed by atoms with van der Waals surface area (Å²) in [6, 6.07) is 17.6. The van der Waals surface area contributed by atoms with Crippen LogP contribution in [0.4, 0.5) is 0 Å². The number of thiazole rings is 1. The summed E-state index contributed by atoms with van der Waals surface area (Å²) in [5.41, 5.74) is 1.94. The van der Waals surface area contributed by atoms with Gasteiger partial charge in [0.05, 0.1) is 16.3 Å². The van der Waals surface area contributed by atoms with Crippen molar-refractivity contribution in [2.24, 2.45) is 0 Å². The summed E-state index contributed by atoms with van der Waals surface area (Å²) in [4.78, 5) is 16.8. The van der Waals surface area contributed by atoms with Gasteiger partial charge in [-0.15, -0.1) is 11.3 Å². The first-order valence-electron chi connectivity index (χ1n) is 7.69. The smallest absolute Gasteiger partial charge is 0.156 e. The Balaban J connectivity index is 1.68. The number of carbonyl (C=O) groups excluding carboxylic acids is 1. The second-order valence-corrected chi connectivity index (χ2v) is 7.03. The van der Waals surface area contributed by atoms with Gasteiger partial charge in [-0.1, -0.05) is 41.9 Å². The van der Waals surface area contributed by atoms with E-state index in [1.807, 2.05) is 36.4 Å². The van der Waals surface area contributed by atoms with Gasteiger partial charge < -0.3 is 0 Å². The Kier molecular flexibility index (Phi) is 5.24. The minimum atomic E-state index is -0.794. The third-order valence-corrected chi connectivity index (χ3v) is 5.13. The van der Waals surface area contributed by atoms with E-state index in [1.165, 1.54) is 16.9 Å². The largest absolute Gasteiger partial charge is 0.298 e. The van der Waals surface area contributed by atoms with E-state index in [-0.39, 0.29) is 5.78 Å². The first-order chi connectivity index (χ1) is 11.7. The van der Waals surface area contributed by atoms with E-state index in [1.54, 1.807) is 12.1 Å². The first-order valence-corrected chi connectivity index (χ1v) is 8.89. The van der Waals surface area contributed by atoms with Crippen LogP contribution >= 0.6 is 22.9 Å². The zero-order chi connectivity index (χ0) is 16.9. The molecule has 0 aliphatic heterocycles. The maximum Gasteiger partial charge on any atom is 0.156 e. The number of aryl methyl sites for hydroxylation is 1. The summed E-state index contributed by atoms with van der Waals surface area (Å²) in [5.74, 6) is -0.865. The highest BCUT2D eigenvalue weighted by Gasteiger charge is 2.23. The summed E-state index contributed by atoms with van der Waals surface area (Å²) in [6.07, 6.45) is 1.95. The molecule has 0 aliphatic rings. The van der Waals surface area contributed by atoms with Gasteiger partial charge in [-0.3, -0.25) is 4.79 Å². The lowest BCUT2D eigenvalue weighted by molar-refractivity contribution is -0.119. The van der Waals surface area contributed by atoms with Gasteiger partial charge in [0.1, 0.15) is 5.01 Å². The number of halogens is 1. The number of ketones is 1. The molecule has 2 aromatic carbocycles. The molecule has 5 heteroatoms. The Morgan fingerprint density at radius 2 is 2.04 bits per heavy atom. The average molecular weight is 355 g/mol. The van der Waals surface area contributed by atoms with Crippen LogP contribution in [0.2, 0.25) is 5.02 Å². The number of nitrogens with zero attached hydrogens (tertiary/aromatic N) is 2. The molecule has 0 spiro atoms. The van der Waals surface area contributed by atoms with Gasteiger partial charge in [0.2, 0.25) is 0 Å². The highest BCUT2D eigenvalue weighted by atomic mass is 35.5. The molecule has 1 unspecified atom stereocenters.